The van der Waals surface area contributed by atoms with E-state index in [1.165, 1.54) is 0 Å². The van der Waals surface area contributed by atoms with Crippen molar-refractivity contribution in [3.63, 3.8) is 0 Å². The molecule has 0 aliphatic carbocycles. The fourth-order valence-corrected chi connectivity index (χ4v) is 2.23. The number of methoxy groups -OCH3 is 1. The first-order valence-electron chi connectivity index (χ1n) is 7.12. The summed E-state index contributed by atoms with van der Waals surface area (Å²) in [6, 6.07) is 7.81. The summed E-state index contributed by atoms with van der Waals surface area (Å²) >= 11 is 0. The number of amides is 2. The maximum atomic E-state index is 12.2. The number of hydrogen-bond donors (Lipinski definition) is 1. The van der Waals surface area contributed by atoms with Gasteiger partial charge in [-0.2, -0.15) is 5.10 Å². The van der Waals surface area contributed by atoms with Crippen LogP contribution < -0.4 is 5.32 Å². The first-order chi connectivity index (χ1) is 10.6. The van der Waals surface area contributed by atoms with Gasteiger partial charge < -0.3 is 15.0 Å². The van der Waals surface area contributed by atoms with Crippen LogP contribution in [-0.2, 0) is 31.5 Å². The Morgan fingerprint density at radius 1 is 1.36 bits per heavy atom. The average Bonchev–Trinajstić information content (AvgIpc) is 2.91. The average molecular weight is 302 g/mol. The highest BCUT2D eigenvalue weighted by Crippen LogP contribution is 2.10. The summed E-state index contributed by atoms with van der Waals surface area (Å²) in [4.78, 5) is 13.8. The van der Waals surface area contributed by atoms with Crippen molar-refractivity contribution < 1.29 is 9.53 Å². The van der Waals surface area contributed by atoms with Crippen molar-refractivity contribution in [2.24, 2.45) is 7.05 Å². The molecule has 1 heterocycles. The fourth-order valence-electron chi connectivity index (χ4n) is 2.23. The number of aromatic nitrogens is 2. The smallest absolute Gasteiger partial charge is 0.317 e. The van der Waals surface area contributed by atoms with Crippen molar-refractivity contribution >= 4 is 6.03 Å². The minimum absolute atomic E-state index is 0.115. The van der Waals surface area contributed by atoms with Crippen molar-refractivity contribution in [1.29, 1.82) is 0 Å². The summed E-state index contributed by atoms with van der Waals surface area (Å²) in [5.74, 6) is 0. The number of ether oxygens (including phenoxy) is 1. The summed E-state index contributed by atoms with van der Waals surface area (Å²) in [6.45, 7) is 1.55. The third-order valence-electron chi connectivity index (χ3n) is 3.37. The third-order valence-corrected chi connectivity index (χ3v) is 3.37. The van der Waals surface area contributed by atoms with E-state index >= 15 is 0 Å². The van der Waals surface area contributed by atoms with Crippen molar-refractivity contribution in [3.8, 4) is 0 Å². The van der Waals surface area contributed by atoms with Crippen LogP contribution in [0.3, 0.4) is 0 Å². The Labute approximate surface area is 130 Å². The molecule has 6 heteroatoms. The van der Waals surface area contributed by atoms with Gasteiger partial charge in [-0.05, 0) is 11.1 Å². The first kappa shape index (κ1) is 16.0. The molecule has 0 bridgehead atoms. The third kappa shape index (κ3) is 4.33. The van der Waals surface area contributed by atoms with Crippen LogP contribution in [0.15, 0.2) is 36.7 Å². The van der Waals surface area contributed by atoms with Crippen molar-refractivity contribution in [2.45, 2.75) is 19.7 Å². The molecule has 6 nitrogen and oxygen atoms in total. The van der Waals surface area contributed by atoms with Crippen LogP contribution in [0, 0.1) is 0 Å². The quantitative estimate of drug-likeness (QED) is 0.886. The molecule has 1 aromatic carbocycles. The summed E-state index contributed by atoms with van der Waals surface area (Å²) in [7, 11) is 5.29. The van der Waals surface area contributed by atoms with Crippen molar-refractivity contribution in [1.82, 2.24) is 20.0 Å². The number of carbonyl (C=O) groups is 1. The molecule has 0 spiro atoms. The van der Waals surface area contributed by atoms with Gasteiger partial charge in [0, 0.05) is 39.5 Å². The molecule has 0 fully saturated rings. The Bertz CT molecular complexity index is 624. The molecule has 1 aromatic heterocycles. The maximum Gasteiger partial charge on any atom is 0.317 e. The topological polar surface area (TPSA) is 59.4 Å². The molecule has 0 unspecified atom stereocenters. The minimum Gasteiger partial charge on any atom is -0.380 e. The molecule has 0 aliphatic rings. The monoisotopic (exact) mass is 302 g/mol. The number of urea groups is 1. The minimum atomic E-state index is -0.115. The lowest BCUT2D eigenvalue weighted by atomic mass is 10.1. The number of aryl methyl sites for hydroxylation is 1. The van der Waals surface area contributed by atoms with Gasteiger partial charge in [-0.1, -0.05) is 24.3 Å². The highest BCUT2D eigenvalue weighted by Gasteiger charge is 2.10. The Morgan fingerprint density at radius 2 is 2.09 bits per heavy atom. The fraction of sp³-hybridized carbons (Fsp3) is 0.375. The Morgan fingerprint density at radius 3 is 2.73 bits per heavy atom. The number of carbonyl (C=O) groups excluding carboxylic acids is 1. The van der Waals surface area contributed by atoms with E-state index in [9.17, 15) is 4.79 Å². The van der Waals surface area contributed by atoms with Crippen molar-refractivity contribution in [3.05, 3.63) is 53.3 Å². The molecular formula is C16H22N4O2. The lowest BCUT2D eigenvalue weighted by Gasteiger charge is -2.18. The molecule has 0 atom stereocenters. The molecule has 2 amide bonds. The van der Waals surface area contributed by atoms with E-state index in [4.69, 9.17) is 4.74 Å². The van der Waals surface area contributed by atoms with Gasteiger partial charge in [0.25, 0.3) is 0 Å². The zero-order valence-corrected chi connectivity index (χ0v) is 13.2. The molecule has 0 saturated heterocycles. The van der Waals surface area contributed by atoms with Crippen molar-refractivity contribution in [2.75, 3.05) is 14.2 Å². The number of nitrogens with one attached hydrogen (secondary N) is 1. The van der Waals surface area contributed by atoms with Gasteiger partial charge >= 0.3 is 6.03 Å². The van der Waals surface area contributed by atoms with Crippen LogP contribution in [0.5, 0.6) is 0 Å². The molecule has 1 N–H and O–H groups in total. The molecule has 22 heavy (non-hydrogen) atoms. The summed E-state index contributed by atoms with van der Waals surface area (Å²) in [5.41, 5.74) is 3.15. The lowest BCUT2D eigenvalue weighted by Crippen LogP contribution is -2.36. The Hall–Kier alpha value is -2.34. The summed E-state index contributed by atoms with van der Waals surface area (Å²) < 4.78 is 6.90. The molecule has 0 aliphatic heterocycles. The van der Waals surface area contributed by atoms with E-state index in [2.05, 4.69) is 10.4 Å². The van der Waals surface area contributed by atoms with Crippen LogP contribution >= 0.6 is 0 Å². The highest BCUT2D eigenvalue weighted by atomic mass is 16.5. The Kier molecular flexibility index (Phi) is 5.55. The zero-order valence-electron chi connectivity index (χ0n) is 13.2. The highest BCUT2D eigenvalue weighted by molar-refractivity contribution is 5.73. The van der Waals surface area contributed by atoms with Gasteiger partial charge in [-0.25, -0.2) is 4.79 Å². The first-order valence-corrected chi connectivity index (χ1v) is 7.12. The number of hydrogen-bond acceptors (Lipinski definition) is 3. The maximum absolute atomic E-state index is 12.2. The van der Waals surface area contributed by atoms with Crippen LogP contribution in [0.1, 0.15) is 16.7 Å². The van der Waals surface area contributed by atoms with Gasteiger partial charge in [-0.15, -0.1) is 0 Å². The molecule has 0 radical (unpaired) electrons. The van der Waals surface area contributed by atoms with E-state index < -0.39 is 0 Å². The largest absolute Gasteiger partial charge is 0.380 e. The van der Waals surface area contributed by atoms with Crippen LogP contribution in [0.4, 0.5) is 4.79 Å². The van der Waals surface area contributed by atoms with Gasteiger partial charge in [0.15, 0.2) is 0 Å². The van der Waals surface area contributed by atoms with E-state index in [0.29, 0.717) is 19.7 Å². The van der Waals surface area contributed by atoms with E-state index in [0.717, 1.165) is 16.7 Å². The molecule has 118 valence electrons. The number of rotatable bonds is 6. The van der Waals surface area contributed by atoms with Gasteiger partial charge in [0.2, 0.25) is 0 Å². The predicted octanol–water partition coefficient (Wildman–Crippen LogP) is 1.91. The van der Waals surface area contributed by atoms with E-state index in [-0.39, 0.29) is 6.03 Å². The Balaban J connectivity index is 1.89. The zero-order chi connectivity index (χ0) is 15.9. The van der Waals surface area contributed by atoms with Crippen LogP contribution in [0.2, 0.25) is 0 Å². The number of nitrogens with zero attached hydrogens (tertiary/aromatic N) is 3. The lowest BCUT2D eigenvalue weighted by molar-refractivity contribution is 0.183. The molecule has 2 rings (SSSR count). The molecule has 2 aromatic rings. The van der Waals surface area contributed by atoms with E-state index in [1.807, 2.05) is 37.5 Å². The molecular weight excluding hydrogens is 280 g/mol. The second kappa shape index (κ2) is 7.61. The van der Waals surface area contributed by atoms with Gasteiger partial charge in [-0.3, -0.25) is 4.68 Å². The SMILES string of the molecule is COCc1ccccc1CNC(=O)N(C)Cc1cnn(C)c1. The second-order valence-corrected chi connectivity index (χ2v) is 5.24. The molecule has 0 saturated carbocycles. The van der Waals surface area contributed by atoms with Gasteiger partial charge in [0.1, 0.15) is 0 Å². The summed E-state index contributed by atoms with van der Waals surface area (Å²) in [5, 5.41) is 7.03. The predicted molar refractivity (Wildman–Crippen MR) is 84.1 cm³/mol. The van der Waals surface area contributed by atoms with Crippen LogP contribution in [-0.4, -0.2) is 34.9 Å². The van der Waals surface area contributed by atoms with Gasteiger partial charge in [0.05, 0.1) is 19.3 Å². The van der Waals surface area contributed by atoms with Crippen LogP contribution in [0.25, 0.3) is 0 Å². The normalized spacial score (nSPS) is 10.5. The standard InChI is InChI=1S/C16H22N4O2/c1-19(10-13-8-18-20(2)11-13)16(21)17-9-14-6-4-5-7-15(14)12-22-3/h4-8,11H,9-10,12H2,1-3H3,(H,17,21). The summed E-state index contributed by atoms with van der Waals surface area (Å²) in [6.07, 6.45) is 3.66. The second-order valence-electron chi connectivity index (χ2n) is 5.24. The number of benzene rings is 1. The van der Waals surface area contributed by atoms with E-state index in [1.54, 1.807) is 29.9 Å².